The first kappa shape index (κ1) is 16.5. The topological polar surface area (TPSA) is 41.9 Å². The van der Waals surface area contributed by atoms with Crippen molar-refractivity contribution in [1.29, 1.82) is 0 Å². The van der Waals surface area contributed by atoms with E-state index in [-0.39, 0.29) is 18.0 Å². The van der Waals surface area contributed by atoms with Crippen LogP contribution in [0.5, 0.6) is 11.5 Å². The number of phenols is 1. The minimum absolute atomic E-state index is 0.104. The van der Waals surface area contributed by atoms with Crippen molar-refractivity contribution in [2.45, 2.75) is 33.0 Å². The molecule has 1 heterocycles. The smallest absolute Gasteiger partial charge is 0.172 e. The minimum Gasteiger partial charge on any atom is -0.503 e. The van der Waals surface area contributed by atoms with Gasteiger partial charge in [0.1, 0.15) is 4.99 Å². The largest absolute Gasteiger partial charge is 0.503 e. The molecule has 1 aromatic carbocycles. The van der Waals surface area contributed by atoms with Gasteiger partial charge >= 0.3 is 0 Å². The van der Waals surface area contributed by atoms with Gasteiger partial charge in [0.2, 0.25) is 0 Å². The Balaban J connectivity index is 2.26. The highest BCUT2D eigenvalue weighted by molar-refractivity contribution is 9.10. The van der Waals surface area contributed by atoms with Crippen LogP contribution in [0, 0.1) is 0 Å². The van der Waals surface area contributed by atoms with Crippen molar-refractivity contribution in [2.75, 3.05) is 19.7 Å². The van der Waals surface area contributed by atoms with Crippen LogP contribution in [-0.4, -0.2) is 46.9 Å². The van der Waals surface area contributed by atoms with Crippen LogP contribution in [0.4, 0.5) is 0 Å². The summed E-state index contributed by atoms with van der Waals surface area (Å²) in [6.07, 6.45) is 0.303. The van der Waals surface area contributed by atoms with E-state index in [1.54, 1.807) is 6.07 Å². The third-order valence-corrected chi connectivity index (χ3v) is 4.38. The van der Waals surface area contributed by atoms with Crippen molar-refractivity contribution in [1.82, 2.24) is 4.90 Å². The van der Waals surface area contributed by atoms with Crippen molar-refractivity contribution in [3.8, 4) is 11.5 Å². The summed E-state index contributed by atoms with van der Waals surface area (Å²) in [7, 11) is 0. The number of morpholine rings is 1. The van der Waals surface area contributed by atoms with Gasteiger partial charge in [0, 0.05) is 18.7 Å². The molecule has 1 aliphatic rings. The lowest BCUT2D eigenvalue weighted by Gasteiger charge is -2.37. The number of thiocarbonyl (C=S) groups is 1. The lowest BCUT2D eigenvalue weighted by molar-refractivity contribution is -0.0472. The molecule has 1 aliphatic heterocycles. The molecular formula is C15H20BrNO3S. The number of nitrogens with zero attached hydrogens (tertiary/aromatic N) is 1. The lowest BCUT2D eigenvalue weighted by atomic mass is 10.1. The van der Waals surface area contributed by atoms with E-state index in [0.717, 1.165) is 23.6 Å². The fourth-order valence-corrected chi connectivity index (χ4v) is 3.20. The SMILES string of the molecule is CCOc1cc(C(=S)N2C[C@H](C)O[C@@H](C)C2)cc(Br)c1O. The first-order valence-electron chi connectivity index (χ1n) is 7.02. The van der Waals surface area contributed by atoms with Crippen molar-refractivity contribution >= 4 is 33.1 Å². The average molecular weight is 374 g/mol. The van der Waals surface area contributed by atoms with E-state index in [9.17, 15) is 5.11 Å². The number of hydrogen-bond donors (Lipinski definition) is 1. The first-order valence-corrected chi connectivity index (χ1v) is 8.22. The van der Waals surface area contributed by atoms with Gasteiger partial charge < -0.3 is 19.5 Å². The van der Waals surface area contributed by atoms with Gasteiger partial charge in [-0.15, -0.1) is 0 Å². The fraction of sp³-hybridized carbons (Fsp3) is 0.533. The van der Waals surface area contributed by atoms with Crippen LogP contribution in [0.15, 0.2) is 16.6 Å². The molecule has 0 aliphatic carbocycles. The molecule has 1 N–H and O–H groups in total. The number of hydrogen-bond acceptors (Lipinski definition) is 4. The Hall–Kier alpha value is -0.850. The number of rotatable bonds is 3. The molecule has 0 saturated carbocycles. The summed E-state index contributed by atoms with van der Waals surface area (Å²) in [4.78, 5) is 2.89. The predicted molar refractivity (Wildman–Crippen MR) is 90.3 cm³/mol. The maximum Gasteiger partial charge on any atom is 0.172 e. The van der Waals surface area contributed by atoms with Crippen molar-refractivity contribution < 1.29 is 14.6 Å². The van der Waals surface area contributed by atoms with Crippen LogP contribution in [0.1, 0.15) is 26.3 Å². The normalized spacial score (nSPS) is 22.2. The molecule has 1 saturated heterocycles. The standard InChI is InChI=1S/C15H20BrNO3S/c1-4-19-13-6-11(5-12(16)14(13)18)15(21)17-7-9(2)20-10(3)8-17/h5-6,9-10,18H,4,7-8H2,1-3H3/t9-,10-/m0/s1. The maximum atomic E-state index is 9.98. The molecule has 116 valence electrons. The zero-order valence-electron chi connectivity index (χ0n) is 12.4. The number of benzene rings is 1. The highest BCUT2D eigenvalue weighted by Gasteiger charge is 2.25. The number of halogens is 1. The molecule has 0 amide bonds. The van der Waals surface area contributed by atoms with Crippen LogP contribution < -0.4 is 4.74 Å². The van der Waals surface area contributed by atoms with Crippen LogP contribution in [0.2, 0.25) is 0 Å². The van der Waals surface area contributed by atoms with Gasteiger partial charge in [0.05, 0.1) is 23.3 Å². The summed E-state index contributed by atoms with van der Waals surface area (Å²) in [5.41, 5.74) is 0.861. The van der Waals surface area contributed by atoms with Crippen molar-refractivity contribution in [2.24, 2.45) is 0 Å². The predicted octanol–water partition coefficient (Wildman–Crippen LogP) is 3.34. The molecule has 2 rings (SSSR count). The Morgan fingerprint density at radius 2 is 2.05 bits per heavy atom. The van der Waals surface area contributed by atoms with E-state index in [1.165, 1.54) is 0 Å². The Kier molecular flexibility index (Phi) is 5.46. The Morgan fingerprint density at radius 3 is 2.62 bits per heavy atom. The molecule has 0 unspecified atom stereocenters. The molecule has 0 spiro atoms. The summed E-state index contributed by atoms with van der Waals surface area (Å²) in [6, 6.07) is 3.61. The Labute approximate surface area is 139 Å². The third kappa shape index (κ3) is 3.87. The van der Waals surface area contributed by atoms with Gasteiger partial charge in [0.15, 0.2) is 11.5 Å². The molecule has 1 aromatic rings. The zero-order valence-corrected chi connectivity index (χ0v) is 14.8. The molecule has 0 radical (unpaired) electrons. The van der Waals surface area contributed by atoms with E-state index in [1.807, 2.05) is 26.8 Å². The van der Waals surface area contributed by atoms with Crippen LogP contribution in [0.3, 0.4) is 0 Å². The van der Waals surface area contributed by atoms with Gasteiger partial charge in [-0.2, -0.15) is 0 Å². The zero-order chi connectivity index (χ0) is 15.6. The Morgan fingerprint density at radius 1 is 1.43 bits per heavy atom. The van der Waals surface area contributed by atoms with E-state index >= 15 is 0 Å². The molecule has 0 bridgehead atoms. The number of aromatic hydroxyl groups is 1. The summed E-state index contributed by atoms with van der Waals surface area (Å²) >= 11 is 8.96. The van der Waals surface area contributed by atoms with Gasteiger partial charge in [-0.3, -0.25) is 0 Å². The second-order valence-electron chi connectivity index (χ2n) is 5.21. The summed E-state index contributed by atoms with van der Waals surface area (Å²) in [5.74, 6) is 0.547. The van der Waals surface area contributed by atoms with Crippen LogP contribution >= 0.6 is 28.1 Å². The third-order valence-electron chi connectivity index (χ3n) is 3.28. The molecule has 2 atom stereocenters. The Bertz CT molecular complexity index is 528. The van der Waals surface area contributed by atoms with E-state index in [2.05, 4.69) is 20.8 Å². The van der Waals surface area contributed by atoms with Gasteiger partial charge in [-0.05, 0) is 48.8 Å². The minimum atomic E-state index is 0.104. The van der Waals surface area contributed by atoms with Gasteiger partial charge in [-0.1, -0.05) is 12.2 Å². The van der Waals surface area contributed by atoms with Gasteiger partial charge in [0.25, 0.3) is 0 Å². The molecule has 6 heteroatoms. The summed E-state index contributed by atoms with van der Waals surface area (Å²) in [5, 5.41) is 9.98. The lowest BCUT2D eigenvalue weighted by Crippen LogP contribution is -2.47. The van der Waals surface area contributed by atoms with E-state index in [4.69, 9.17) is 21.7 Å². The molecule has 0 aromatic heterocycles. The summed E-state index contributed by atoms with van der Waals surface area (Å²) < 4.78 is 11.8. The average Bonchev–Trinajstić information content (AvgIpc) is 2.42. The van der Waals surface area contributed by atoms with E-state index in [0.29, 0.717) is 16.8 Å². The summed E-state index contributed by atoms with van der Waals surface area (Å²) in [6.45, 7) is 8.00. The molecule has 1 fully saturated rings. The van der Waals surface area contributed by atoms with Crippen LogP contribution in [0.25, 0.3) is 0 Å². The molecular weight excluding hydrogens is 354 g/mol. The van der Waals surface area contributed by atoms with Gasteiger partial charge in [-0.25, -0.2) is 0 Å². The second-order valence-corrected chi connectivity index (χ2v) is 6.45. The van der Waals surface area contributed by atoms with Crippen LogP contribution in [-0.2, 0) is 4.74 Å². The van der Waals surface area contributed by atoms with Crippen molar-refractivity contribution in [3.63, 3.8) is 0 Å². The monoisotopic (exact) mass is 373 g/mol. The van der Waals surface area contributed by atoms with E-state index < -0.39 is 0 Å². The number of ether oxygens (including phenoxy) is 2. The second kappa shape index (κ2) is 6.94. The fourth-order valence-electron chi connectivity index (χ4n) is 2.49. The first-order chi connectivity index (χ1) is 9.92. The molecule has 4 nitrogen and oxygen atoms in total. The maximum absolute atomic E-state index is 9.98. The number of phenolic OH excluding ortho intramolecular Hbond substituents is 1. The highest BCUT2D eigenvalue weighted by Crippen LogP contribution is 2.36. The highest BCUT2D eigenvalue weighted by atomic mass is 79.9. The van der Waals surface area contributed by atoms with Crippen molar-refractivity contribution in [3.05, 3.63) is 22.2 Å². The molecule has 21 heavy (non-hydrogen) atoms. The quantitative estimate of drug-likeness (QED) is 0.822.